The van der Waals surface area contributed by atoms with Crippen molar-refractivity contribution >= 4 is 6.09 Å². The van der Waals surface area contributed by atoms with Gasteiger partial charge in [-0.05, 0) is 12.8 Å². The van der Waals surface area contributed by atoms with Gasteiger partial charge in [0.25, 0.3) is 0 Å². The molecule has 206 valence electrons. The molecule has 0 heterocycles. The van der Waals surface area contributed by atoms with E-state index in [1.165, 1.54) is 116 Å². The van der Waals surface area contributed by atoms with E-state index in [1.54, 1.807) is 0 Å². The summed E-state index contributed by atoms with van der Waals surface area (Å²) in [5.74, 6) is 0. The zero-order valence-corrected chi connectivity index (χ0v) is 22.7. The molecule has 1 atom stereocenters. The summed E-state index contributed by atoms with van der Waals surface area (Å²) in [7, 11) is 0. The van der Waals surface area contributed by atoms with Gasteiger partial charge in [-0.1, -0.05) is 129 Å². The summed E-state index contributed by atoms with van der Waals surface area (Å²) < 4.78 is 11.5. The van der Waals surface area contributed by atoms with Gasteiger partial charge >= 0.3 is 6.09 Å². The molecule has 0 aliphatic heterocycles. The van der Waals surface area contributed by atoms with Crippen molar-refractivity contribution in [2.24, 2.45) is 5.73 Å². The Labute approximate surface area is 211 Å². The summed E-state index contributed by atoms with van der Waals surface area (Å²) >= 11 is 0. The number of nitrogens with two attached hydrogens (primary N) is 1. The van der Waals surface area contributed by atoms with E-state index < -0.39 is 6.09 Å². The van der Waals surface area contributed by atoms with Crippen LogP contribution in [-0.2, 0) is 9.47 Å². The summed E-state index contributed by atoms with van der Waals surface area (Å²) in [6.07, 6.45) is 25.3. The van der Waals surface area contributed by atoms with Crippen LogP contribution >= 0.6 is 0 Å². The topological polar surface area (TPSA) is 102 Å². The third-order valence-electron chi connectivity index (χ3n) is 6.00. The molecular weight excluding hydrogens is 430 g/mol. The van der Waals surface area contributed by atoms with Gasteiger partial charge in [-0.3, -0.25) is 0 Å². The molecule has 0 aliphatic rings. The van der Waals surface area contributed by atoms with Crippen LogP contribution in [0.25, 0.3) is 0 Å². The van der Waals surface area contributed by atoms with Crippen LogP contribution < -0.4 is 5.73 Å². The molecule has 0 saturated carbocycles. The maximum Gasteiger partial charge on any atom is 0.402 e. The van der Waals surface area contributed by atoms with E-state index in [1.807, 2.05) is 0 Å². The molecule has 4 N–H and O–H groups in total. The second kappa shape index (κ2) is 32.1. The molecule has 0 saturated heterocycles. The van der Waals surface area contributed by atoms with Gasteiger partial charge in [-0.25, -0.2) is 4.79 Å². The number of carboxylic acid groups (broad SMARTS) is 1. The molecule has 0 rings (SSSR count). The molecule has 0 spiro atoms. The van der Waals surface area contributed by atoms with Crippen LogP contribution in [0.2, 0.25) is 0 Å². The zero-order valence-electron chi connectivity index (χ0n) is 22.7. The SMILES string of the molecule is CCCCCCCCCCCCOCC(CO)OCCCCCCCCCCCC.NC(=O)O. The normalized spacial score (nSPS) is 11.7. The number of ether oxygens (including phenoxy) is 2. The van der Waals surface area contributed by atoms with Gasteiger partial charge in [0.05, 0.1) is 13.2 Å². The average Bonchev–Trinajstić information content (AvgIpc) is 2.81. The van der Waals surface area contributed by atoms with E-state index in [-0.39, 0.29) is 12.7 Å². The summed E-state index contributed by atoms with van der Waals surface area (Å²) in [5, 5.41) is 16.7. The molecular formula is C28H59NO5. The number of hydrogen-bond acceptors (Lipinski definition) is 4. The predicted octanol–water partition coefficient (Wildman–Crippen LogP) is 7.85. The van der Waals surface area contributed by atoms with E-state index in [0.29, 0.717) is 6.61 Å². The highest BCUT2D eigenvalue weighted by molar-refractivity contribution is 5.61. The van der Waals surface area contributed by atoms with Crippen LogP contribution in [0.3, 0.4) is 0 Å². The lowest BCUT2D eigenvalue weighted by Crippen LogP contribution is -2.24. The van der Waals surface area contributed by atoms with Crippen LogP contribution in [0.5, 0.6) is 0 Å². The maximum absolute atomic E-state index is 9.46. The number of hydrogen-bond donors (Lipinski definition) is 3. The number of aliphatic hydroxyl groups excluding tert-OH is 1. The first-order chi connectivity index (χ1) is 16.6. The fraction of sp³-hybridized carbons (Fsp3) is 0.964. The van der Waals surface area contributed by atoms with Gasteiger partial charge < -0.3 is 25.4 Å². The first-order valence-electron chi connectivity index (χ1n) is 14.4. The Hall–Kier alpha value is -0.850. The first-order valence-corrected chi connectivity index (χ1v) is 14.4. The average molecular weight is 490 g/mol. The Kier molecular flexibility index (Phi) is 33.4. The fourth-order valence-electron chi connectivity index (χ4n) is 3.90. The van der Waals surface area contributed by atoms with Crippen molar-refractivity contribution in [1.29, 1.82) is 0 Å². The molecule has 34 heavy (non-hydrogen) atoms. The minimum Gasteiger partial charge on any atom is -0.465 e. The minimum atomic E-state index is -1.33. The largest absolute Gasteiger partial charge is 0.465 e. The van der Waals surface area contributed by atoms with Gasteiger partial charge in [0.15, 0.2) is 0 Å². The number of aliphatic hydroxyl groups is 1. The molecule has 0 radical (unpaired) electrons. The molecule has 0 aromatic carbocycles. The van der Waals surface area contributed by atoms with Gasteiger partial charge in [0, 0.05) is 13.2 Å². The highest BCUT2D eigenvalue weighted by Gasteiger charge is 2.07. The Morgan fingerprint density at radius 1 is 0.647 bits per heavy atom. The summed E-state index contributed by atoms with van der Waals surface area (Å²) in [5.41, 5.74) is 4.03. The molecule has 0 aromatic heterocycles. The number of primary amides is 1. The van der Waals surface area contributed by atoms with Crippen LogP contribution in [0.15, 0.2) is 0 Å². The van der Waals surface area contributed by atoms with E-state index in [4.69, 9.17) is 19.4 Å². The monoisotopic (exact) mass is 489 g/mol. The standard InChI is InChI=1S/C27H56O3.CH3NO2/c1-3-5-7-9-11-13-15-17-19-21-23-29-26-27(25-28)30-24-22-20-18-16-14-12-10-8-6-4-2;2-1(3)4/h27-28H,3-26H2,1-2H3;2H2,(H,3,4). The Bertz CT molecular complexity index is 378. The Morgan fingerprint density at radius 2 is 0.971 bits per heavy atom. The zero-order chi connectivity index (χ0) is 25.5. The van der Waals surface area contributed by atoms with Gasteiger partial charge in [-0.15, -0.1) is 0 Å². The molecule has 6 nitrogen and oxygen atoms in total. The van der Waals surface area contributed by atoms with Gasteiger partial charge in [0.1, 0.15) is 6.10 Å². The lowest BCUT2D eigenvalue weighted by Gasteiger charge is -2.15. The maximum atomic E-state index is 9.46. The van der Waals surface area contributed by atoms with Crippen LogP contribution in [-0.4, -0.2) is 48.8 Å². The molecule has 0 aromatic rings. The van der Waals surface area contributed by atoms with Crippen molar-refractivity contribution in [2.75, 3.05) is 26.4 Å². The molecule has 1 unspecified atom stereocenters. The fourth-order valence-corrected chi connectivity index (χ4v) is 3.90. The molecule has 0 bridgehead atoms. The lowest BCUT2D eigenvalue weighted by molar-refractivity contribution is -0.0437. The van der Waals surface area contributed by atoms with E-state index in [2.05, 4.69) is 19.6 Å². The third kappa shape index (κ3) is 35.7. The van der Waals surface area contributed by atoms with Gasteiger partial charge in [-0.2, -0.15) is 0 Å². The van der Waals surface area contributed by atoms with Crippen molar-refractivity contribution in [1.82, 2.24) is 0 Å². The highest BCUT2D eigenvalue weighted by atomic mass is 16.5. The molecule has 6 heteroatoms. The van der Waals surface area contributed by atoms with Crippen molar-refractivity contribution in [3.05, 3.63) is 0 Å². The summed E-state index contributed by atoms with van der Waals surface area (Å²) in [6, 6.07) is 0. The molecule has 0 aliphatic carbocycles. The number of amides is 1. The van der Waals surface area contributed by atoms with Crippen molar-refractivity contribution in [3.63, 3.8) is 0 Å². The quantitative estimate of drug-likeness (QED) is 0.107. The number of rotatable bonds is 26. The summed E-state index contributed by atoms with van der Waals surface area (Å²) in [6.45, 7) is 6.70. The smallest absolute Gasteiger partial charge is 0.402 e. The highest BCUT2D eigenvalue weighted by Crippen LogP contribution is 2.12. The number of carbonyl (C=O) groups is 1. The van der Waals surface area contributed by atoms with Crippen molar-refractivity contribution < 1.29 is 24.5 Å². The first kappa shape index (κ1) is 35.3. The Balaban J connectivity index is 0. The second-order valence-electron chi connectivity index (χ2n) is 9.45. The lowest BCUT2D eigenvalue weighted by atomic mass is 10.1. The molecule has 1 amide bonds. The van der Waals surface area contributed by atoms with Crippen molar-refractivity contribution in [3.8, 4) is 0 Å². The molecule has 0 fully saturated rings. The van der Waals surface area contributed by atoms with E-state index >= 15 is 0 Å². The minimum absolute atomic E-state index is 0.0653. The van der Waals surface area contributed by atoms with E-state index in [9.17, 15) is 5.11 Å². The summed E-state index contributed by atoms with van der Waals surface area (Å²) in [4.78, 5) is 8.78. The van der Waals surface area contributed by atoms with Crippen LogP contribution in [0.1, 0.15) is 142 Å². The second-order valence-corrected chi connectivity index (χ2v) is 9.45. The van der Waals surface area contributed by atoms with Crippen molar-refractivity contribution in [2.45, 2.75) is 148 Å². The van der Waals surface area contributed by atoms with Crippen LogP contribution in [0.4, 0.5) is 4.79 Å². The third-order valence-corrected chi connectivity index (χ3v) is 6.00. The Morgan fingerprint density at radius 3 is 1.32 bits per heavy atom. The van der Waals surface area contributed by atoms with Crippen LogP contribution in [0, 0.1) is 0 Å². The number of unbranched alkanes of at least 4 members (excludes halogenated alkanes) is 18. The van der Waals surface area contributed by atoms with E-state index in [0.717, 1.165) is 26.1 Å². The van der Waals surface area contributed by atoms with Gasteiger partial charge in [0.2, 0.25) is 0 Å². The predicted molar refractivity (Wildman–Crippen MR) is 144 cm³/mol.